The summed E-state index contributed by atoms with van der Waals surface area (Å²) < 4.78 is 6.17. The zero-order valence-corrected chi connectivity index (χ0v) is 9.04. The maximum absolute atomic E-state index is 5.58. The van der Waals surface area contributed by atoms with E-state index in [1.807, 2.05) is 0 Å². The third kappa shape index (κ3) is 1.22. The molecule has 1 aliphatic rings. The fourth-order valence-electron chi connectivity index (χ4n) is 1.67. The van der Waals surface area contributed by atoms with Crippen LogP contribution in [0.3, 0.4) is 0 Å². The Labute approximate surface area is 84.8 Å². The molecule has 0 radical (unpaired) electrons. The predicted octanol–water partition coefficient (Wildman–Crippen LogP) is 2.37. The van der Waals surface area contributed by atoms with Gasteiger partial charge in [-0.05, 0) is 41.4 Å². The number of hydrogen-bond acceptors (Lipinski definition) is 3. The van der Waals surface area contributed by atoms with Gasteiger partial charge in [0, 0.05) is 5.92 Å². The number of anilines is 1. The van der Waals surface area contributed by atoms with Crippen molar-refractivity contribution in [1.29, 1.82) is 0 Å². The second kappa shape index (κ2) is 2.90. The summed E-state index contributed by atoms with van der Waals surface area (Å²) >= 11 is 2.20. The van der Waals surface area contributed by atoms with Crippen LogP contribution in [0, 0.1) is 9.49 Å². The van der Waals surface area contributed by atoms with E-state index < -0.39 is 0 Å². The first-order chi connectivity index (χ1) is 5.68. The first-order valence-electron chi connectivity index (χ1n) is 4.09. The largest absolute Gasteiger partial charge is 0.380 e. The van der Waals surface area contributed by atoms with Gasteiger partial charge in [0.05, 0.1) is 3.57 Å². The van der Waals surface area contributed by atoms with Gasteiger partial charge in [-0.1, -0.05) is 12.1 Å². The Kier molecular flexibility index (Phi) is 2.02. The van der Waals surface area contributed by atoms with Gasteiger partial charge < -0.3 is 10.3 Å². The molecule has 1 heterocycles. The van der Waals surface area contributed by atoms with Crippen LogP contribution >= 0.6 is 22.6 Å². The molecule has 0 spiro atoms. The average Bonchev–Trinajstić information content (AvgIpc) is 2.28. The molecule has 66 valence electrons. The van der Waals surface area contributed by atoms with Crippen molar-refractivity contribution in [3.05, 3.63) is 9.33 Å². The highest BCUT2D eigenvalue weighted by Gasteiger charge is 2.32. The lowest BCUT2D eigenvalue weighted by Crippen LogP contribution is -2.19. The molecule has 0 bridgehead atoms. The van der Waals surface area contributed by atoms with Gasteiger partial charge in [-0.2, -0.15) is 0 Å². The molecule has 4 heteroatoms. The monoisotopic (exact) mass is 278 g/mol. The standard InChI is InChI=1S/C8H11IN2O/c1-4-2-5(3-4)7-6(9)8(10)11-12-7/h4-5H,2-3H2,1H3,(H2,10,11). The lowest BCUT2D eigenvalue weighted by atomic mass is 9.75. The molecule has 1 aromatic heterocycles. The molecule has 1 saturated carbocycles. The normalized spacial score (nSPS) is 28.5. The number of halogens is 1. The highest BCUT2D eigenvalue weighted by molar-refractivity contribution is 14.1. The Morgan fingerprint density at radius 1 is 1.58 bits per heavy atom. The number of nitrogens with two attached hydrogens (primary N) is 1. The molecule has 1 aromatic rings. The lowest BCUT2D eigenvalue weighted by molar-refractivity contribution is 0.233. The van der Waals surface area contributed by atoms with Crippen molar-refractivity contribution >= 4 is 28.4 Å². The maximum atomic E-state index is 5.58. The van der Waals surface area contributed by atoms with Crippen molar-refractivity contribution in [2.24, 2.45) is 5.92 Å². The second-order valence-corrected chi connectivity index (χ2v) is 4.60. The summed E-state index contributed by atoms with van der Waals surface area (Å²) in [6.07, 6.45) is 2.43. The molecule has 0 unspecified atom stereocenters. The minimum absolute atomic E-state index is 0.533. The number of nitrogen functional groups attached to an aromatic ring is 1. The zero-order chi connectivity index (χ0) is 8.72. The van der Waals surface area contributed by atoms with E-state index in [0.717, 1.165) is 15.2 Å². The van der Waals surface area contributed by atoms with Crippen LogP contribution in [0.1, 0.15) is 31.4 Å². The van der Waals surface area contributed by atoms with Gasteiger partial charge in [-0.25, -0.2) is 0 Å². The predicted molar refractivity (Wildman–Crippen MR) is 54.8 cm³/mol. The van der Waals surface area contributed by atoms with Gasteiger partial charge in [0.25, 0.3) is 0 Å². The molecule has 1 fully saturated rings. The SMILES string of the molecule is CC1CC(c2onc(N)c2I)C1. The van der Waals surface area contributed by atoms with Crippen LogP contribution < -0.4 is 5.73 Å². The summed E-state index contributed by atoms with van der Waals surface area (Å²) in [6.45, 7) is 2.25. The van der Waals surface area contributed by atoms with Crippen molar-refractivity contribution in [1.82, 2.24) is 5.16 Å². The van der Waals surface area contributed by atoms with Crippen LogP contribution in [-0.4, -0.2) is 5.16 Å². The van der Waals surface area contributed by atoms with Gasteiger partial charge in [0.2, 0.25) is 0 Å². The molecule has 0 aliphatic heterocycles. The number of hydrogen-bond donors (Lipinski definition) is 1. The Bertz CT molecular complexity index is 291. The van der Waals surface area contributed by atoms with Crippen LogP contribution in [0.5, 0.6) is 0 Å². The van der Waals surface area contributed by atoms with E-state index in [0.29, 0.717) is 11.7 Å². The number of rotatable bonds is 1. The highest BCUT2D eigenvalue weighted by atomic mass is 127. The topological polar surface area (TPSA) is 52.0 Å². The Morgan fingerprint density at radius 2 is 2.25 bits per heavy atom. The minimum atomic E-state index is 0.533. The fourth-order valence-corrected chi connectivity index (χ4v) is 2.31. The molecule has 12 heavy (non-hydrogen) atoms. The summed E-state index contributed by atoms with van der Waals surface area (Å²) in [4.78, 5) is 0. The van der Waals surface area contributed by atoms with Gasteiger partial charge in [-0.15, -0.1) is 0 Å². The van der Waals surface area contributed by atoms with E-state index in [4.69, 9.17) is 10.3 Å². The molecule has 0 atom stereocenters. The summed E-state index contributed by atoms with van der Waals surface area (Å²) in [5, 5.41) is 3.74. The second-order valence-electron chi connectivity index (χ2n) is 3.52. The van der Waals surface area contributed by atoms with Crippen molar-refractivity contribution < 1.29 is 4.52 Å². The number of nitrogens with zero attached hydrogens (tertiary/aromatic N) is 1. The molecule has 3 nitrogen and oxygen atoms in total. The molecule has 1 aliphatic carbocycles. The van der Waals surface area contributed by atoms with Crippen LogP contribution in [0.25, 0.3) is 0 Å². The minimum Gasteiger partial charge on any atom is -0.380 e. The van der Waals surface area contributed by atoms with Crippen molar-refractivity contribution in [2.75, 3.05) is 5.73 Å². The van der Waals surface area contributed by atoms with Crippen LogP contribution in [0.15, 0.2) is 4.52 Å². The van der Waals surface area contributed by atoms with Crippen molar-refractivity contribution in [2.45, 2.75) is 25.7 Å². The van der Waals surface area contributed by atoms with Crippen LogP contribution in [0.4, 0.5) is 5.82 Å². The molecule has 0 aromatic carbocycles. The van der Waals surface area contributed by atoms with E-state index in [-0.39, 0.29) is 0 Å². The Hall–Kier alpha value is -0.260. The van der Waals surface area contributed by atoms with Crippen LogP contribution in [0.2, 0.25) is 0 Å². The quantitative estimate of drug-likeness (QED) is 0.802. The van der Waals surface area contributed by atoms with E-state index >= 15 is 0 Å². The van der Waals surface area contributed by atoms with Gasteiger partial charge in [-0.3, -0.25) is 0 Å². The summed E-state index contributed by atoms with van der Waals surface area (Å²) in [5.74, 6) is 2.92. The first-order valence-corrected chi connectivity index (χ1v) is 5.17. The number of aromatic nitrogens is 1. The maximum Gasteiger partial charge on any atom is 0.180 e. The van der Waals surface area contributed by atoms with Gasteiger partial charge >= 0.3 is 0 Å². The summed E-state index contributed by atoms with van der Waals surface area (Å²) in [6, 6.07) is 0. The highest BCUT2D eigenvalue weighted by Crippen LogP contribution is 2.43. The Balaban J connectivity index is 2.18. The third-order valence-electron chi connectivity index (χ3n) is 2.43. The van der Waals surface area contributed by atoms with E-state index in [9.17, 15) is 0 Å². The molecular weight excluding hydrogens is 267 g/mol. The molecule has 0 saturated heterocycles. The van der Waals surface area contributed by atoms with E-state index in [1.54, 1.807) is 0 Å². The molecule has 2 rings (SSSR count). The Morgan fingerprint density at radius 3 is 2.67 bits per heavy atom. The average molecular weight is 278 g/mol. The van der Waals surface area contributed by atoms with E-state index in [2.05, 4.69) is 34.7 Å². The smallest absolute Gasteiger partial charge is 0.180 e. The van der Waals surface area contributed by atoms with Gasteiger partial charge in [0.1, 0.15) is 0 Å². The van der Waals surface area contributed by atoms with Crippen molar-refractivity contribution in [3.8, 4) is 0 Å². The van der Waals surface area contributed by atoms with Gasteiger partial charge in [0.15, 0.2) is 11.6 Å². The lowest BCUT2D eigenvalue weighted by Gasteiger charge is -2.30. The van der Waals surface area contributed by atoms with Crippen molar-refractivity contribution in [3.63, 3.8) is 0 Å². The van der Waals surface area contributed by atoms with Crippen LogP contribution in [-0.2, 0) is 0 Å². The first kappa shape index (κ1) is 8.34. The molecule has 2 N–H and O–H groups in total. The zero-order valence-electron chi connectivity index (χ0n) is 6.88. The summed E-state index contributed by atoms with van der Waals surface area (Å²) in [7, 11) is 0. The molecule has 0 amide bonds. The summed E-state index contributed by atoms with van der Waals surface area (Å²) in [5.41, 5.74) is 5.58. The fraction of sp³-hybridized carbons (Fsp3) is 0.625. The molecular formula is C8H11IN2O. The third-order valence-corrected chi connectivity index (χ3v) is 3.51. The van der Waals surface area contributed by atoms with E-state index in [1.165, 1.54) is 12.8 Å².